The number of carbonyl (C=O) groups is 1. The maximum absolute atomic E-state index is 14.5. The maximum atomic E-state index is 14.5. The van der Waals surface area contributed by atoms with Gasteiger partial charge in [-0.3, -0.25) is 4.79 Å². The minimum absolute atomic E-state index is 0.102. The van der Waals surface area contributed by atoms with Gasteiger partial charge in [0.25, 0.3) is 0 Å². The van der Waals surface area contributed by atoms with Crippen molar-refractivity contribution in [2.45, 2.75) is 24.4 Å². The molecular weight excluding hydrogens is 475 g/mol. The van der Waals surface area contributed by atoms with Gasteiger partial charge in [0, 0.05) is 41.1 Å². The highest BCUT2D eigenvalue weighted by Crippen LogP contribution is 2.34. The summed E-state index contributed by atoms with van der Waals surface area (Å²) in [6.45, 7) is 3.10. The van der Waals surface area contributed by atoms with Gasteiger partial charge < -0.3 is 9.80 Å². The van der Waals surface area contributed by atoms with Crippen molar-refractivity contribution >= 4 is 46.6 Å². The summed E-state index contributed by atoms with van der Waals surface area (Å²) in [5, 5.41) is 0.910. The van der Waals surface area contributed by atoms with Gasteiger partial charge >= 0.3 is 6.18 Å². The van der Waals surface area contributed by atoms with E-state index in [-0.39, 0.29) is 18.0 Å². The van der Waals surface area contributed by atoms with Gasteiger partial charge in [-0.1, -0.05) is 29.3 Å². The molecule has 31 heavy (non-hydrogen) atoms. The van der Waals surface area contributed by atoms with Crippen LogP contribution in [0.15, 0.2) is 35.2 Å². The minimum Gasteiger partial charge on any atom is -0.366 e. The Morgan fingerprint density at radius 3 is 2.39 bits per heavy atom. The average molecular weight is 495 g/mol. The third kappa shape index (κ3) is 6.43. The monoisotopic (exact) mass is 494 g/mol. The van der Waals surface area contributed by atoms with Gasteiger partial charge in [0.2, 0.25) is 5.91 Å². The van der Waals surface area contributed by atoms with Crippen molar-refractivity contribution in [3.05, 3.63) is 57.3 Å². The van der Waals surface area contributed by atoms with Crippen LogP contribution in [0.5, 0.6) is 0 Å². The molecule has 1 fully saturated rings. The van der Waals surface area contributed by atoms with Crippen LogP contribution in [0.2, 0.25) is 10.0 Å². The van der Waals surface area contributed by atoms with Crippen molar-refractivity contribution in [3.8, 4) is 0 Å². The predicted molar refractivity (Wildman–Crippen MR) is 117 cm³/mol. The second kappa shape index (κ2) is 9.88. The third-order valence-corrected chi connectivity index (χ3v) is 6.78. The Labute approximate surface area is 192 Å². The number of anilines is 1. The summed E-state index contributed by atoms with van der Waals surface area (Å²) in [4.78, 5) is 16.4. The number of aryl methyl sites for hydroxylation is 1. The Morgan fingerprint density at radius 2 is 1.77 bits per heavy atom. The first-order chi connectivity index (χ1) is 14.5. The average Bonchev–Trinajstić information content (AvgIpc) is 2.69. The van der Waals surface area contributed by atoms with E-state index < -0.39 is 17.7 Å². The Kier molecular flexibility index (Phi) is 7.65. The molecular formula is C21H20Cl2F4N2OS. The topological polar surface area (TPSA) is 23.6 Å². The van der Waals surface area contributed by atoms with E-state index in [0.29, 0.717) is 64.0 Å². The summed E-state index contributed by atoms with van der Waals surface area (Å²) >= 11 is 12.7. The third-order valence-electron chi connectivity index (χ3n) is 4.97. The number of nitrogens with zero attached hydrogens (tertiary/aromatic N) is 2. The van der Waals surface area contributed by atoms with E-state index >= 15 is 0 Å². The number of halogens is 6. The van der Waals surface area contributed by atoms with E-state index in [2.05, 4.69) is 0 Å². The molecule has 0 saturated carbocycles. The summed E-state index contributed by atoms with van der Waals surface area (Å²) in [5.41, 5.74) is 1.39. The lowest BCUT2D eigenvalue weighted by Crippen LogP contribution is -2.49. The van der Waals surface area contributed by atoms with Gasteiger partial charge in [-0.25, -0.2) is 4.39 Å². The van der Waals surface area contributed by atoms with Crippen LogP contribution < -0.4 is 4.90 Å². The molecule has 168 valence electrons. The van der Waals surface area contributed by atoms with Crippen molar-refractivity contribution in [3.63, 3.8) is 0 Å². The Bertz CT molecular complexity index is 963. The van der Waals surface area contributed by atoms with E-state index in [1.807, 2.05) is 0 Å². The predicted octanol–water partition coefficient (Wildman–Crippen LogP) is 5.99. The fourth-order valence-electron chi connectivity index (χ4n) is 3.34. The number of thioether (sulfide) groups is 1. The van der Waals surface area contributed by atoms with Crippen LogP contribution in [0.3, 0.4) is 0 Å². The number of alkyl halides is 3. The molecule has 3 nitrogen and oxygen atoms in total. The van der Waals surface area contributed by atoms with Crippen LogP contribution in [0.25, 0.3) is 0 Å². The maximum Gasteiger partial charge on any atom is 0.398 e. The molecule has 0 spiro atoms. The van der Waals surface area contributed by atoms with Gasteiger partial charge in [0.15, 0.2) is 0 Å². The molecule has 1 amide bonds. The summed E-state index contributed by atoms with van der Waals surface area (Å²) in [5.74, 6) is -1.62. The SMILES string of the molecule is Cc1cc(F)c(N2CCN(C(=O)Cc3ccc(Cl)cc3Cl)CC2)cc1SCC(F)(F)F. The number of hydrogen-bond acceptors (Lipinski definition) is 3. The molecule has 0 aliphatic carbocycles. The smallest absolute Gasteiger partial charge is 0.366 e. The first-order valence-corrected chi connectivity index (χ1v) is 11.2. The van der Waals surface area contributed by atoms with E-state index in [4.69, 9.17) is 23.2 Å². The zero-order chi connectivity index (χ0) is 22.8. The highest BCUT2D eigenvalue weighted by molar-refractivity contribution is 7.99. The highest BCUT2D eigenvalue weighted by atomic mass is 35.5. The molecule has 0 N–H and O–H groups in total. The molecule has 2 aromatic carbocycles. The molecule has 0 aromatic heterocycles. The van der Waals surface area contributed by atoms with Crippen LogP contribution in [-0.2, 0) is 11.2 Å². The highest BCUT2D eigenvalue weighted by Gasteiger charge is 2.28. The molecule has 10 heteroatoms. The van der Waals surface area contributed by atoms with E-state index in [1.54, 1.807) is 34.9 Å². The van der Waals surface area contributed by atoms with Gasteiger partial charge in [-0.15, -0.1) is 11.8 Å². The van der Waals surface area contributed by atoms with E-state index in [0.717, 1.165) is 0 Å². The zero-order valence-electron chi connectivity index (χ0n) is 16.6. The summed E-state index contributed by atoms with van der Waals surface area (Å²) in [6.07, 6.45) is -4.17. The molecule has 3 rings (SSSR count). The number of benzene rings is 2. The summed E-state index contributed by atoms with van der Waals surface area (Å²) < 4.78 is 52.2. The van der Waals surface area contributed by atoms with Crippen molar-refractivity contribution in [1.29, 1.82) is 0 Å². The van der Waals surface area contributed by atoms with Gasteiger partial charge in [-0.2, -0.15) is 13.2 Å². The standard InChI is InChI=1S/C21H20Cl2F4N2OS/c1-13-8-17(24)18(11-19(13)31-12-21(25,26)27)28-4-6-29(7-5-28)20(30)9-14-2-3-15(22)10-16(14)23/h2-3,8,10-11H,4-7,9,12H2,1H3. The van der Waals surface area contributed by atoms with Crippen LogP contribution in [0.1, 0.15) is 11.1 Å². The normalized spacial score (nSPS) is 14.8. The second-order valence-electron chi connectivity index (χ2n) is 7.25. The molecule has 1 heterocycles. The van der Waals surface area contributed by atoms with Crippen molar-refractivity contribution in [2.24, 2.45) is 0 Å². The van der Waals surface area contributed by atoms with Gasteiger partial charge in [0.05, 0.1) is 17.9 Å². The molecule has 1 saturated heterocycles. The number of amides is 1. The quantitative estimate of drug-likeness (QED) is 0.376. The van der Waals surface area contributed by atoms with Crippen molar-refractivity contribution in [2.75, 3.05) is 36.8 Å². The largest absolute Gasteiger partial charge is 0.398 e. The molecule has 1 aliphatic rings. The molecule has 0 bridgehead atoms. The molecule has 0 radical (unpaired) electrons. The molecule has 0 unspecified atom stereocenters. The van der Waals surface area contributed by atoms with Crippen LogP contribution in [-0.4, -0.2) is 48.9 Å². The van der Waals surface area contributed by atoms with Gasteiger partial charge in [-0.05, 0) is 42.3 Å². The lowest BCUT2D eigenvalue weighted by atomic mass is 10.1. The summed E-state index contributed by atoms with van der Waals surface area (Å²) in [7, 11) is 0. The van der Waals surface area contributed by atoms with E-state index in [9.17, 15) is 22.4 Å². The summed E-state index contributed by atoms with van der Waals surface area (Å²) in [6, 6.07) is 7.68. The minimum atomic E-state index is -4.30. The van der Waals surface area contributed by atoms with Crippen LogP contribution >= 0.6 is 35.0 Å². The Morgan fingerprint density at radius 1 is 1.10 bits per heavy atom. The molecule has 2 aromatic rings. The second-order valence-corrected chi connectivity index (χ2v) is 9.11. The van der Waals surface area contributed by atoms with Crippen LogP contribution in [0, 0.1) is 12.7 Å². The number of rotatable bonds is 5. The van der Waals surface area contributed by atoms with Crippen LogP contribution in [0.4, 0.5) is 23.2 Å². The first-order valence-electron chi connectivity index (χ1n) is 9.50. The number of carbonyl (C=O) groups excluding carboxylic acids is 1. The van der Waals surface area contributed by atoms with Crippen molar-refractivity contribution < 1.29 is 22.4 Å². The van der Waals surface area contributed by atoms with E-state index in [1.165, 1.54) is 12.1 Å². The number of hydrogen-bond donors (Lipinski definition) is 0. The number of piperazine rings is 1. The Balaban J connectivity index is 1.64. The van der Waals surface area contributed by atoms with Crippen molar-refractivity contribution in [1.82, 2.24) is 4.90 Å². The first kappa shape index (κ1) is 24.0. The fourth-order valence-corrected chi connectivity index (χ4v) is 4.61. The lowest BCUT2D eigenvalue weighted by molar-refractivity contribution is -0.130. The molecule has 1 aliphatic heterocycles. The fraction of sp³-hybridized carbons (Fsp3) is 0.381. The lowest BCUT2D eigenvalue weighted by Gasteiger charge is -2.36. The van der Waals surface area contributed by atoms with Gasteiger partial charge in [0.1, 0.15) is 5.82 Å². The Hall–Kier alpha value is -1.64. The zero-order valence-corrected chi connectivity index (χ0v) is 18.9. The molecule has 0 atom stereocenters.